The van der Waals surface area contributed by atoms with Crippen LogP contribution in [0.4, 0.5) is 0 Å². The zero-order chi connectivity index (χ0) is 14.4. The summed E-state index contributed by atoms with van der Waals surface area (Å²) in [5.41, 5.74) is 2.28. The zero-order valence-electron chi connectivity index (χ0n) is 11.0. The molecule has 0 aliphatic carbocycles. The van der Waals surface area contributed by atoms with Crippen molar-refractivity contribution in [1.29, 1.82) is 0 Å². The Morgan fingerprint density at radius 2 is 1.60 bits per heavy atom. The second-order valence-electron chi connectivity index (χ2n) is 4.44. The smallest absolute Gasteiger partial charge is 0.310 e. The standard InChI is InChI=1S/C17H15O3/c1-13-7-9-14(10-8-13)11-17(19)20-12-16(18)15-5-3-2-4-6-15/h2-10H,1,11-12H2. The Morgan fingerprint density at radius 1 is 0.950 bits per heavy atom. The summed E-state index contributed by atoms with van der Waals surface area (Å²) in [6.45, 7) is 3.55. The van der Waals surface area contributed by atoms with Crippen LogP contribution in [0.2, 0.25) is 0 Å². The van der Waals surface area contributed by atoms with Crippen molar-refractivity contribution < 1.29 is 14.3 Å². The molecule has 0 saturated heterocycles. The Morgan fingerprint density at radius 3 is 2.25 bits per heavy atom. The van der Waals surface area contributed by atoms with E-state index in [0.29, 0.717) is 5.56 Å². The Labute approximate surface area is 118 Å². The van der Waals surface area contributed by atoms with Crippen LogP contribution in [0, 0.1) is 6.92 Å². The second kappa shape index (κ2) is 6.66. The van der Waals surface area contributed by atoms with Gasteiger partial charge in [0.15, 0.2) is 12.4 Å². The number of ether oxygens (including phenoxy) is 1. The van der Waals surface area contributed by atoms with Gasteiger partial charge < -0.3 is 4.74 Å². The monoisotopic (exact) mass is 267 g/mol. The van der Waals surface area contributed by atoms with Crippen LogP contribution >= 0.6 is 0 Å². The van der Waals surface area contributed by atoms with Gasteiger partial charge in [-0.05, 0) is 18.1 Å². The molecule has 0 amide bonds. The van der Waals surface area contributed by atoms with E-state index in [1.165, 1.54) is 0 Å². The molecular formula is C17H15O3. The first-order valence-electron chi connectivity index (χ1n) is 6.30. The normalized spacial score (nSPS) is 10.1. The van der Waals surface area contributed by atoms with E-state index >= 15 is 0 Å². The first-order valence-corrected chi connectivity index (χ1v) is 6.30. The first kappa shape index (κ1) is 14.0. The van der Waals surface area contributed by atoms with E-state index in [1.807, 2.05) is 30.3 Å². The molecule has 0 heterocycles. The molecule has 2 aromatic rings. The lowest BCUT2D eigenvalue weighted by Crippen LogP contribution is -2.15. The fourth-order valence-corrected chi connectivity index (χ4v) is 1.73. The highest BCUT2D eigenvalue weighted by Crippen LogP contribution is 2.05. The van der Waals surface area contributed by atoms with Crippen LogP contribution in [0.3, 0.4) is 0 Å². The number of ketones is 1. The quantitative estimate of drug-likeness (QED) is 0.618. The number of esters is 1. The molecule has 0 aromatic heterocycles. The molecule has 0 unspecified atom stereocenters. The summed E-state index contributed by atoms with van der Waals surface area (Å²) >= 11 is 0. The average Bonchev–Trinajstić information content (AvgIpc) is 2.48. The minimum atomic E-state index is -0.411. The van der Waals surface area contributed by atoms with Gasteiger partial charge in [-0.2, -0.15) is 0 Å². The van der Waals surface area contributed by atoms with Gasteiger partial charge in [0.2, 0.25) is 0 Å². The Bertz CT molecular complexity index is 585. The highest BCUT2D eigenvalue weighted by molar-refractivity contribution is 5.97. The van der Waals surface area contributed by atoms with E-state index in [0.717, 1.165) is 11.1 Å². The van der Waals surface area contributed by atoms with Gasteiger partial charge in [-0.1, -0.05) is 54.6 Å². The number of hydrogen-bond donors (Lipinski definition) is 0. The number of rotatable bonds is 5. The molecular weight excluding hydrogens is 252 g/mol. The summed E-state index contributed by atoms with van der Waals surface area (Å²) in [5, 5.41) is 0. The van der Waals surface area contributed by atoms with E-state index in [9.17, 15) is 9.59 Å². The lowest BCUT2D eigenvalue weighted by Gasteiger charge is -2.05. The zero-order valence-corrected chi connectivity index (χ0v) is 11.0. The van der Waals surface area contributed by atoms with E-state index in [2.05, 4.69) is 6.92 Å². The molecule has 0 atom stereocenters. The van der Waals surface area contributed by atoms with E-state index in [4.69, 9.17) is 4.74 Å². The topological polar surface area (TPSA) is 43.4 Å². The summed E-state index contributed by atoms with van der Waals surface area (Å²) in [5.74, 6) is -0.613. The van der Waals surface area contributed by atoms with Crippen LogP contribution in [-0.4, -0.2) is 18.4 Å². The van der Waals surface area contributed by atoms with Crippen molar-refractivity contribution in [3.8, 4) is 0 Å². The van der Waals surface area contributed by atoms with Crippen molar-refractivity contribution in [2.24, 2.45) is 0 Å². The van der Waals surface area contributed by atoms with Gasteiger partial charge in [0.25, 0.3) is 0 Å². The molecule has 0 aliphatic rings. The number of carbonyl (C=O) groups is 2. The molecule has 101 valence electrons. The van der Waals surface area contributed by atoms with Crippen molar-refractivity contribution >= 4 is 11.8 Å². The highest BCUT2D eigenvalue weighted by atomic mass is 16.5. The number of carbonyl (C=O) groups excluding carboxylic acids is 2. The molecule has 0 aliphatic heterocycles. The van der Waals surface area contributed by atoms with Gasteiger partial charge >= 0.3 is 5.97 Å². The molecule has 2 rings (SSSR count). The van der Waals surface area contributed by atoms with Gasteiger partial charge in [-0.15, -0.1) is 0 Å². The lowest BCUT2D eigenvalue weighted by molar-refractivity contribution is -0.141. The minimum Gasteiger partial charge on any atom is -0.457 e. The SMILES string of the molecule is [CH2]c1ccc(CC(=O)OCC(=O)c2ccccc2)cc1. The van der Waals surface area contributed by atoms with E-state index < -0.39 is 5.97 Å². The molecule has 20 heavy (non-hydrogen) atoms. The summed E-state index contributed by atoms with van der Waals surface area (Å²) in [4.78, 5) is 23.4. The van der Waals surface area contributed by atoms with Crippen molar-refractivity contribution in [3.05, 3.63) is 78.2 Å². The van der Waals surface area contributed by atoms with Gasteiger partial charge in [-0.25, -0.2) is 0 Å². The maximum atomic E-state index is 11.8. The van der Waals surface area contributed by atoms with Crippen molar-refractivity contribution in [2.75, 3.05) is 6.61 Å². The number of benzene rings is 2. The third-order valence-electron chi connectivity index (χ3n) is 2.83. The fourth-order valence-electron chi connectivity index (χ4n) is 1.73. The number of Topliss-reactive ketones (excluding diaryl/α,β-unsaturated/α-hetero) is 1. The van der Waals surface area contributed by atoms with Crippen LogP contribution in [0.25, 0.3) is 0 Å². The van der Waals surface area contributed by atoms with E-state index in [-0.39, 0.29) is 18.8 Å². The van der Waals surface area contributed by atoms with Gasteiger partial charge in [0.05, 0.1) is 6.42 Å². The predicted molar refractivity (Wildman–Crippen MR) is 76.3 cm³/mol. The van der Waals surface area contributed by atoms with Crippen LogP contribution in [0.15, 0.2) is 54.6 Å². The summed E-state index contributed by atoms with van der Waals surface area (Å²) < 4.78 is 4.99. The van der Waals surface area contributed by atoms with E-state index in [1.54, 1.807) is 24.3 Å². The van der Waals surface area contributed by atoms with Crippen LogP contribution < -0.4 is 0 Å². The van der Waals surface area contributed by atoms with Gasteiger partial charge in [-0.3, -0.25) is 9.59 Å². The van der Waals surface area contributed by atoms with Crippen molar-refractivity contribution in [3.63, 3.8) is 0 Å². The summed E-state index contributed by atoms with van der Waals surface area (Å²) in [6, 6.07) is 16.1. The maximum absolute atomic E-state index is 11.8. The molecule has 0 N–H and O–H groups in total. The lowest BCUT2D eigenvalue weighted by atomic mass is 10.1. The van der Waals surface area contributed by atoms with Crippen LogP contribution in [0.5, 0.6) is 0 Å². The van der Waals surface area contributed by atoms with Gasteiger partial charge in [0.1, 0.15) is 0 Å². The minimum absolute atomic E-state index is 0.155. The second-order valence-corrected chi connectivity index (χ2v) is 4.44. The largest absolute Gasteiger partial charge is 0.457 e. The molecule has 0 spiro atoms. The highest BCUT2D eigenvalue weighted by Gasteiger charge is 2.10. The Hall–Kier alpha value is -2.42. The van der Waals surface area contributed by atoms with Crippen molar-refractivity contribution in [1.82, 2.24) is 0 Å². The Balaban J connectivity index is 1.83. The average molecular weight is 267 g/mol. The third-order valence-corrected chi connectivity index (χ3v) is 2.83. The fraction of sp³-hybridized carbons (Fsp3) is 0.118. The van der Waals surface area contributed by atoms with Crippen LogP contribution in [0.1, 0.15) is 21.5 Å². The molecule has 3 nitrogen and oxygen atoms in total. The van der Waals surface area contributed by atoms with Crippen LogP contribution in [-0.2, 0) is 16.0 Å². The molecule has 3 heteroatoms. The number of hydrogen-bond acceptors (Lipinski definition) is 3. The predicted octanol–water partition coefficient (Wildman–Crippen LogP) is 2.84. The molecule has 1 radical (unpaired) electrons. The first-order chi connectivity index (χ1) is 9.65. The Kier molecular flexibility index (Phi) is 4.66. The summed E-state index contributed by atoms with van der Waals surface area (Å²) in [6.07, 6.45) is 0.155. The maximum Gasteiger partial charge on any atom is 0.310 e. The van der Waals surface area contributed by atoms with Crippen molar-refractivity contribution in [2.45, 2.75) is 6.42 Å². The molecule has 0 bridgehead atoms. The molecule has 0 saturated carbocycles. The molecule has 2 aromatic carbocycles. The summed E-state index contributed by atoms with van der Waals surface area (Å²) in [7, 11) is 0. The third kappa shape index (κ3) is 4.05. The van der Waals surface area contributed by atoms with Gasteiger partial charge in [0, 0.05) is 5.56 Å². The molecule has 0 fully saturated rings.